The van der Waals surface area contributed by atoms with Gasteiger partial charge in [-0.15, -0.1) is 0 Å². The molecule has 3 rings (SSSR count). The molecule has 0 spiro atoms. The van der Waals surface area contributed by atoms with Gasteiger partial charge < -0.3 is 14.2 Å². The van der Waals surface area contributed by atoms with Crippen LogP contribution in [0.1, 0.15) is 13.3 Å². The van der Waals surface area contributed by atoms with E-state index in [9.17, 15) is 13.2 Å². The van der Waals surface area contributed by atoms with Gasteiger partial charge in [-0.3, -0.25) is 0 Å². The second kappa shape index (κ2) is 2.84. The van der Waals surface area contributed by atoms with Crippen molar-refractivity contribution in [2.75, 3.05) is 19.8 Å². The van der Waals surface area contributed by atoms with Gasteiger partial charge in [0.15, 0.2) is 0 Å². The van der Waals surface area contributed by atoms with Crippen molar-refractivity contribution in [3.63, 3.8) is 0 Å². The predicted octanol–water partition coefficient (Wildman–Crippen LogP) is 1.68. The fraction of sp³-hybridized carbons (Fsp3) is 1.00. The van der Waals surface area contributed by atoms with E-state index < -0.39 is 17.6 Å². The first-order valence-electron chi connectivity index (χ1n) is 4.42. The van der Waals surface area contributed by atoms with E-state index in [0.29, 0.717) is 6.42 Å². The van der Waals surface area contributed by atoms with Gasteiger partial charge in [-0.2, -0.15) is 13.2 Å². The highest BCUT2D eigenvalue weighted by Gasteiger charge is 2.67. The van der Waals surface area contributed by atoms with Gasteiger partial charge in [-0.1, -0.05) is 6.92 Å². The minimum atomic E-state index is -4.63. The minimum Gasteiger partial charge on any atom is -0.319 e. The normalized spacial score (nSPS) is 42.9. The summed E-state index contributed by atoms with van der Waals surface area (Å²) < 4.78 is 51.4. The average molecular weight is 212 g/mol. The van der Waals surface area contributed by atoms with Crippen LogP contribution in [0, 0.1) is 5.41 Å². The lowest BCUT2D eigenvalue weighted by Gasteiger charge is -2.51. The van der Waals surface area contributed by atoms with Crippen molar-refractivity contribution >= 4 is 0 Å². The Morgan fingerprint density at radius 1 is 1.07 bits per heavy atom. The van der Waals surface area contributed by atoms with Crippen LogP contribution in [0.15, 0.2) is 0 Å². The Bertz CT molecular complexity index is 214. The molecule has 0 aromatic carbocycles. The topological polar surface area (TPSA) is 27.7 Å². The molecule has 3 fully saturated rings. The van der Waals surface area contributed by atoms with E-state index in [0.717, 1.165) is 0 Å². The number of rotatable bonds is 1. The smallest absolute Gasteiger partial charge is 0.319 e. The third-order valence-corrected chi connectivity index (χ3v) is 2.80. The summed E-state index contributed by atoms with van der Waals surface area (Å²) in [5.41, 5.74) is -0.396. The van der Waals surface area contributed by atoms with Gasteiger partial charge in [-0.25, -0.2) is 0 Å². The van der Waals surface area contributed by atoms with Crippen molar-refractivity contribution in [1.29, 1.82) is 0 Å². The van der Waals surface area contributed by atoms with Gasteiger partial charge >= 0.3 is 12.1 Å². The highest BCUT2D eigenvalue weighted by Crippen LogP contribution is 2.47. The Morgan fingerprint density at radius 2 is 1.50 bits per heavy atom. The maximum Gasteiger partial charge on any atom is 0.473 e. The molecule has 3 nitrogen and oxygen atoms in total. The molecule has 0 radical (unpaired) electrons. The van der Waals surface area contributed by atoms with Gasteiger partial charge in [0, 0.05) is 5.41 Å². The van der Waals surface area contributed by atoms with Crippen LogP contribution in [0.2, 0.25) is 0 Å². The largest absolute Gasteiger partial charge is 0.473 e. The van der Waals surface area contributed by atoms with Crippen LogP contribution in [-0.2, 0) is 14.2 Å². The molecule has 0 saturated carbocycles. The van der Waals surface area contributed by atoms with E-state index in [2.05, 4.69) is 14.2 Å². The molecule has 82 valence electrons. The van der Waals surface area contributed by atoms with Crippen LogP contribution in [-0.4, -0.2) is 32.0 Å². The zero-order valence-electron chi connectivity index (χ0n) is 7.69. The quantitative estimate of drug-likeness (QED) is 0.661. The number of hydrogen-bond donors (Lipinski definition) is 0. The van der Waals surface area contributed by atoms with Gasteiger partial charge in [0.25, 0.3) is 0 Å². The molecular weight excluding hydrogens is 201 g/mol. The van der Waals surface area contributed by atoms with Crippen LogP contribution in [0.4, 0.5) is 13.2 Å². The molecule has 0 aliphatic carbocycles. The first kappa shape index (κ1) is 10.2. The van der Waals surface area contributed by atoms with Crippen molar-refractivity contribution in [3.05, 3.63) is 0 Å². The molecule has 0 aromatic rings. The summed E-state index contributed by atoms with van der Waals surface area (Å²) in [7, 11) is 0. The molecule has 3 saturated heterocycles. The molecular formula is C8H11F3O3. The van der Waals surface area contributed by atoms with E-state index in [1.54, 1.807) is 0 Å². The summed E-state index contributed by atoms with van der Waals surface area (Å²) in [5.74, 6) is -2.80. The highest BCUT2D eigenvalue weighted by molar-refractivity contribution is 4.89. The molecule has 0 N–H and O–H groups in total. The third-order valence-electron chi connectivity index (χ3n) is 2.80. The Balaban J connectivity index is 2.17. The lowest BCUT2D eigenvalue weighted by molar-refractivity contribution is -0.540. The maximum atomic E-state index is 12.5. The summed E-state index contributed by atoms with van der Waals surface area (Å²) in [6.45, 7) is 2.01. The molecule has 6 heteroatoms. The number of alkyl halides is 3. The number of fused-ring (bicyclic) bond motifs is 3. The third kappa shape index (κ3) is 1.24. The van der Waals surface area contributed by atoms with E-state index in [4.69, 9.17) is 0 Å². The Morgan fingerprint density at radius 3 is 1.79 bits per heavy atom. The van der Waals surface area contributed by atoms with E-state index in [-0.39, 0.29) is 19.8 Å². The summed E-state index contributed by atoms with van der Waals surface area (Å²) in [6, 6.07) is 0. The van der Waals surface area contributed by atoms with E-state index >= 15 is 0 Å². The SMILES string of the molecule is CCC12COC(C(F)(F)F)(OC1)OC2. The Labute approximate surface area is 79.1 Å². The molecule has 14 heavy (non-hydrogen) atoms. The summed E-state index contributed by atoms with van der Waals surface area (Å²) in [4.78, 5) is 0. The standard InChI is InChI=1S/C8H11F3O3/c1-2-6-3-12-8(13-4-6,14-5-6)7(9,10)11/h2-5H2,1H3. The predicted molar refractivity (Wildman–Crippen MR) is 39.4 cm³/mol. The number of halogens is 3. The monoisotopic (exact) mass is 212 g/mol. The molecule has 0 aromatic heterocycles. The average Bonchev–Trinajstić information content (AvgIpc) is 2.19. The Kier molecular flexibility index (Phi) is 2.06. The van der Waals surface area contributed by atoms with Crippen LogP contribution in [0.3, 0.4) is 0 Å². The molecule has 3 aliphatic heterocycles. The van der Waals surface area contributed by atoms with E-state index in [1.165, 1.54) is 0 Å². The lowest BCUT2D eigenvalue weighted by Crippen LogP contribution is -2.65. The molecule has 0 amide bonds. The van der Waals surface area contributed by atoms with Crippen molar-refractivity contribution in [2.45, 2.75) is 25.5 Å². The van der Waals surface area contributed by atoms with Crippen LogP contribution in [0.5, 0.6) is 0 Å². The fourth-order valence-electron chi connectivity index (χ4n) is 1.55. The fourth-order valence-corrected chi connectivity index (χ4v) is 1.55. The summed E-state index contributed by atoms with van der Waals surface area (Å²) in [6.07, 6.45) is -3.95. The van der Waals surface area contributed by atoms with Gasteiger partial charge in [-0.05, 0) is 6.42 Å². The van der Waals surface area contributed by atoms with Crippen LogP contribution >= 0.6 is 0 Å². The van der Waals surface area contributed by atoms with Crippen molar-refractivity contribution in [3.8, 4) is 0 Å². The molecule has 0 atom stereocenters. The van der Waals surface area contributed by atoms with Crippen LogP contribution < -0.4 is 0 Å². The second-order valence-electron chi connectivity index (χ2n) is 3.77. The summed E-state index contributed by atoms with van der Waals surface area (Å²) in [5, 5.41) is 0. The van der Waals surface area contributed by atoms with Crippen molar-refractivity contribution in [2.24, 2.45) is 5.41 Å². The molecule has 0 unspecified atom stereocenters. The van der Waals surface area contributed by atoms with Gasteiger partial charge in [0.2, 0.25) is 0 Å². The van der Waals surface area contributed by atoms with Crippen LogP contribution in [0.25, 0.3) is 0 Å². The molecule has 3 heterocycles. The van der Waals surface area contributed by atoms with Crippen molar-refractivity contribution < 1.29 is 27.4 Å². The van der Waals surface area contributed by atoms with Crippen molar-refractivity contribution in [1.82, 2.24) is 0 Å². The lowest BCUT2D eigenvalue weighted by atomic mass is 9.86. The Hall–Kier alpha value is -0.330. The van der Waals surface area contributed by atoms with Gasteiger partial charge in [0.05, 0.1) is 19.8 Å². The maximum absolute atomic E-state index is 12.5. The zero-order chi connectivity index (χ0) is 10.4. The first-order chi connectivity index (χ1) is 6.43. The van der Waals surface area contributed by atoms with E-state index in [1.807, 2.05) is 6.92 Å². The molecule has 2 bridgehead atoms. The zero-order valence-corrected chi connectivity index (χ0v) is 7.69. The minimum absolute atomic E-state index is 0.0447. The first-order valence-corrected chi connectivity index (χ1v) is 4.42. The van der Waals surface area contributed by atoms with Gasteiger partial charge in [0.1, 0.15) is 0 Å². The number of hydrogen-bond acceptors (Lipinski definition) is 3. The second-order valence-corrected chi connectivity index (χ2v) is 3.77. The number of ether oxygens (including phenoxy) is 3. The molecule has 3 aliphatic rings. The highest BCUT2D eigenvalue weighted by atomic mass is 19.4. The summed E-state index contributed by atoms with van der Waals surface area (Å²) >= 11 is 0.